The molecule has 0 aromatic carbocycles. The maximum Gasteiger partial charge on any atom is 0.243 e. The Morgan fingerprint density at radius 3 is 2.89 bits per heavy atom. The molecule has 2 nitrogen and oxygen atoms in total. The van der Waals surface area contributed by atoms with Crippen LogP contribution in [-0.4, -0.2) is 9.90 Å². The highest BCUT2D eigenvalue weighted by Gasteiger charge is 1.95. The first-order valence-corrected chi connectivity index (χ1v) is 4.02. The third-order valence-corrected chi connectivity index (χ3v) is 1.52. The summed E-state index contributed by atoms with van der Waals surface area (Å²) in [5.74, 6) is 0. The van der Waals surface area contributed by atoms with Gasteiger partial charge in [0, 0.05) is 5.33 Å². The molecular formula is C6H10BrN2+. The van der Waals surface area contributed by atoms with Gasteiger partial charge >= 0.3 is 0 Å². The molecule has 3 heteroatoms. The van der Waals surface area contributed by atoms with E-state index < -0.39 is 0 Å². The zero-order valence-corrected chi connectivity index (χ0v) is 7.00. The van der Waals surface area contributed by atoms with Gasteiger partial charge in [0.2, 0.25) is 6.33 Å². The quantitative estimate of drug-likeness (QED) is 0.479. The number of alkyl halides is 1. The molecule has 0 aliphatic rings. The fraction of sp³-hybridized carbons (Fsp3) is 0.500. The van der Waals surface area contributed by atoms with Gasteiger partial charge in [-0.05, 0) is 0 Å². The lowest BCUT2D eigenvalue weighted by Gasteiger charge is -1.85. The van der Waals surface area contributed by atoms with Gasteiger partial charge in [0.1, 0.15) is 12.4 Å². The van der Waals surface area contributed by atoms with Gasteiger partial charge in [0.15, 0.2) is 0 Å². The smallest absolute Gasteiger partial charge is 0.240 e. The van der Waals surface area contributed by atoms with E-state index in [1.165, 1.54) is 0 Å². The molecule has 0 atom stereocenters. The van der Waals surface area contributed by atoms with Crippen molar-refractivity contribution in [3.8, 4) is 0 Å². The largest absolute Gasteiger partial charge is 0.243 e. The van der Waals surface area contributed by atoms with E-state index in [0.717, 1.165) is 11.9 Å². The summed E-state index contributed by atoms with van der Waals surface area (Å²) in [6.45, 7) is 1.04. The van der Waals surface area contributed by atoms with E-state index in [2.05, 4.69) is 33.0 Å². The highest BCUT2D eigenvalue weighted by molar-refractivity contribution is 9.09. The van der Waals surface area contributed by atoms with E-state index in [0.29, 0.717) is 0 Å². The van der Waals surface area contributed by atoms with E-state index in [-0.39, 0.29) is 0 Å². The van der Waals surface area contributed by atoms with Crippen molar-refractivity contribution < 1.29 is 4.57 Å². The van der Waals surface area contributed by atoms with E-state index in [1.807, 2.05) is 17.8 Å². The van der Waals surface area contributed by atoms with Crippen LogP contribution in [0.25, 0.3) is 0 Å². The minimum Gasteiger partial charge on any atom is -0.240 e. The second kappa shape index (κ2) is 3.01. The Hall–Kier alpha value is -0.310. The molecular weight excluding hydrogens is 180 g/mol. The van der Waals surface area contributed by atoms with Crippen LogP contribution in [-0.2, 0) is 13.6 Å². The molecule has 0 N–H and O–H groups in total. The first-order valence-electron chi connectivity index (χ1n) is 2.90. The standard InChI is InChI=1S/C6H10BrN2/c1-8-4-5-9(6-8)3-2-7/h4-6H,2-3H2,1H3/q+1. The second-order valence-corrected chi connectivity index (χ2v) is 2.80. The van der Waals surface area contributed by atoms with Crippen molar-refractivity contribution in [1.82, 2.24) is 4.57 Å². The predicted octanol–water partition coefficient (Wildman–Crippen LogP) is 0.707. The summed E-state index contributed by atoms with van der Waals surface area (Å²) in [5, 5.41) is 1.02. The summed E-state index contributed by atoms with van der Waals surface area (Å²) >= 11 is 3.37. The lowest BCUT2D eigenvalue weighted by Crippen LogP contribution is -2.23. The molecule has 0 aliphatic heterocycles. The summed E-state index contributed by atoms with van der Waals surface area (Å²) in [4.78, 5) is 0. The molecule has 9 heavy (non-hydrogen) atoms. The van der Waals surface area contributed by atoms with E-state index in [4.69, 9.17) is 0 Å². The van der Waals surface area contributed by atoms with Gasteiger partial charge in [-0.3, -0.25) is 0 Å². The summed E-state index contributed by atoms with van der Waals surface area (Å²) < 4.78 is 4.16. The van der Waals surface area contributed by atoms with Gasteiger partial charge < -0.3 is 0 Å². The summed E-state index contributed by atoms with van der Waals surface area (Å²) in [6, 6.07) is 0. The number of rotatable bonds is 2. The van der Waals surface area contributed by atoms with Crippen molar-refractivity contribution in [2.45, 2.75) is 6.54 Å². The SMILES string of the molecule is C[n+]1ccn(CCBr)c1. The number of hydrogen-bond acceptors (Lipinski definition) is 0. The molecule has 0 aliphatic carbocycles. The molecule has 1 heterocycles. The molecule has 0 amide bonds. The summed E-state index contributed by atoms with van der Waals surface area (Å²) in [5.41, 5.74) is 0. The highest BCUT2D eigenvalue weighted by atomic mass is 79.9. The molecule has 0 unspecified atom stereocenters. The Kier molecular flexibility index (Phi) is 2.28. The van der Waals surface area contributed by atoms with Crippen LogP contribution in [0.3, 0.4) is 0 Å². The van der Waals surface area contributed by atoms with E-state index in [9.17, 15) is 0 Å². The van der Waals surface area contributed by atoms with Crippen molar-refractivity contribution in [3.05, 3.63) is 18.7 Å². The molecule has 0 bridgehead atoms. The molecule has 0 radical (unpaired) electrons. The van der Waals surface area contributed by atoms with Crippen LogP contribution in [0.2, 0.25) is 0 Å². The average Bonchev–Trinajstić information content (AvgIpc) is 2.17. The van der Waals surface area contributed by atoms with E-state index in [1.54, 1.807) is 0 Å². The zero-order valence-electron chi connectivity index (χ0n) is 5.42. The molecule has 0 saturated heterocycles. The molecule has 1 aromatic rings. The van der Waals surface area contributed by atoms with Gasteiger partial charge in [0.05, 0.1) is 13.6 Å². The number of halogens is 1. The number of hydrogen-bond donors (Lipinski definition) is 0. The van der Waals surface area contributed by atoms with Crippen molar-refractivity contribution in [3.63, 3.8) is 0 Å². The van der Waals surface area contributed by atoms with Crippen LogP contribution < -0.4 is 4.57 Å². The van der Waals surface area contributed by atoms with Crippen molar-refractivity contribution in [1.29, 1.82) is 0 Å². The summed E-state index contributed by atoms with van der Waals surface area (Å²) in [6.07, 6.45) is 6.14. The third kappa shape index (κ3) is 1.82. The first kappa shape index (κ1) is 6.81. The van der Waals surface area contributed by atoms with Crippen LogP contribution >= 0.6 is 15.9 Å². The fourth-order valence-electron chi connectivity index (χ4n) is 0.732. The lowest BCUT2D eigenvalue weighted by molar-refractivity contribution is -0.671. The normalized spacial score (nSPS) is 10.0. The van der Waals surface area contributed by atoms with Crippen molar-refractivity contribution in [2.24, 2.45) is 7.05 Å². The Balaban J connectivity index is 2.61. The highest BCUT2D eigenvalue weighted by Crippen LogP contribution is 1.86. The average molecular weight is 190 g/mol. The molecule has 0 fully saturated rings. The van der Waals surface area contributed by atoms with Gasteiger partial charge in [-0.25, -0.2) is 9.13 Å². The Morgan fingerprint density at radius 2 is 2.44 bits per heavy atom. The minimum absolute atomic E-state index is 1.02. The maximum atomic E-state index is 3.37. The topological polar surface area (TPSA) is 8.81 Å². The molecule has 1 aromatic heterocycles. The third-order valence-electron chi connectivity index (χ3n) is 1.17. The van der Waals surface area contributed by atoms with Gasteiger partial charge in [-0.2, -0.15) is 0 Å². The van der Waals surface area contributed by atoms with Gasteiger partial charge in [-0.1, -0.05) is 15.9 Å². The van der Waals surface area contributed by atoms with Crippen molar-refractivity contribution >= 4 is 15.9 Å². The van der Waals surface area contributed by atoms with Gasteiger partial charge in [0.25, 0.3) is 0 Å². The number of imidazole rings is 1. The fourth-order valence-corrected chi connectivity index (χ4v) is 1.14. The van der Waals surface area contributed by atoms with E-state index >= 15 is 0 Å². The number of aromatic nitrogens is 2. The van der Waals surface area contributed by atoms with Crippen LogP contribution in [0.4, 0.5) is 0 Å². The maximum absolute atomic E-state index is 3.37. The first-order chi connectivity index (χ1) is 4.33. The van der Waals surface area contributed by atoms with Crippen molar-refractivity contribution in [2.75, 3.05) is 5.33 Å². The molecule has 0 spiro atoms. The molecule has 1 rings (SSSR count). The second-order valence-electron chi connectivity index (χ2n) is 2.01. The summed E-state index contributed by atoms with van der Waals surface area (Å²) in [7, 11) is 2.02. The molecule has 50 valence electrons. The van der Waals surface area contributed by atoms with Crippen LogP contribution in [0.15, 0.2) is 18.7 Å². The number of aryl methyl sites for hydroxylation is 2. The zero-order chi connectivity index (χ0) is 6.69. The van der Waals surface area contributed by atoms with Gasteiger partial charge in [-0.15, -0.1) is 0 Å². The number of nitrogens with zero attached hydrogens (tertiary/aromatic N) is 2. The van der Waals surface area contributed by atoms with Crippen LogP contribution in [0, 0.1) is 0 Å². The lowest BCUT2D eigenvalue weighted by atomic mass is 10.7. The Labute approximate surface area is 63.2 Å². The minimum atomic E-state index is 1.02. The predicted molar refractivity (Wildman–Crippen MR) is 39.4 cm³/mol. The van der Waals surface area contributed by atoms with Crippen LogP contribution in [0.5, 0.6) is 0 Å². The Morgan fingerprint density at radius 1 is 1.67 bits per heavy atom. The Bertz CT molecular complexity index is 183. The molecule has 0 saturated carbocycles. The van der Waals surface area contributed by atoms with Crippen LogP contribution in [0.1, 0.15) is 0 Å². The monoisotopic (exact) mass is 189 g/mol.